The summed E-state index contributed by atoms with van der Waals surface area (Å²) in [6, 6.07) is 7.47. The highest BCUT2D eigenvalue weighted by Crippen LogP contribution is 2.43. The number of amides is 2. The minimum absolute atomic E-state index is 0.258. The summed E-state index contributed by atoms with van der Waals surface area (Å²) < 4.78 is 12.6. The zero-order valence-corrected chi connectivity index (χ0v) is 21.2. The molecule has 2 aliphatic heterocycles. The average molecular weight is 494 g/mol. The molecule has 0 saturated carbocycles. The van der Waals surface area contributed by atoms with Crippen LogP contribution in [0.5, 0.6) is 0 Å². The fourth-order valence-electron chi connectivity index (χ4n) is 4.44. The fourth-order valence-corrected chi connectivity index (χ4v) is 4.44. The van der Waals surface area contributed by atoms with E-state index in [1.54, 1.807) is 57.5 Å². The largest absolute Gasteiger partial charge is 0.443 e. The van der Waals surface area contributed by atoms with Crippen molar-refractivity contribution in [2.75, 3.05) is 28.7 Å². The number of aromatic nitrogens is 4. The average Bonchev–Trinajstić information content (AvgIpc) is 3.30. The van der Waals surface area contributed by atoms with Crippen molar-refractivity contribution in [1.29, 1.82) is 0 Å². The van der Waals surface area contributed by atoms with Crippen molar-refractivity contribution >= 4 is 40.9 Å². The van der Waals surface area contributed by atoms with Crippen LogP contribution in [0.2, 0.25) is 0 Å². The summed E-state index contributed by atoms with van der Waals surface area (Å²) >= 11 is 0. The molecule has 2 N–H and O–H groups in total. The third-order valence-electron chi connectivity index (χ3n) is 6.29. The van der Waals surface area contributed by atoms with Crippen LogP contribution >= 0.6 is 0 Å². The maximum Gasteiger partial charge on any atom is 0.421 e. The van der Waals surface area contributed by atoms with Gasteiger partial charge in [-0.15, -0.1) is 5.10 Å². The Morgan fingerprint density at radius 3 is 2.67 bits per heavy atom. The molecule has 2 aliphatic rings. The Labute approximate surface area is 209 Å². The van der Waals surface area contributed by atoms with Gasteiger partial charge in [-0.05, 0) is 65.2 Å². The topological polar surface area (TPSA) is 123 Å². The number of anilines is 4. The van der Waals surface area contributed by atoms with Crippen LogP contribution in [0.1, 0.15) is 53.0 Å². The second-order valence-electron chi connectivity index (χ2n) is 10.6. The standard InChI is InChI=1S/C25H31N7O4/c1-24(2,3)36-23(34)31-18-14-16(6-7-17(18)25(4,5)20(31)33)27-21-29-19-8-11-26-22(32(19)30-21)28-15-9-12-35-13-10-15/h6-8,11,14-15H,9-10,12-13H2,1-5H3,(H,26,28)(H,27,30). The van der Waals surface area contributed by atoms with Crippen molar-refractivity contribution in [2.24, 2.45) is 0 Å². The molecule has 36 heavy (non-hydrogen) atoms. The van der Waals surface area contributed by atoms with Crippen LogP contribution in [0.4, 0.5) is 28.1 Å². The molecule has 5 rings (SSSR count). The molecule has 11 heteroatoms. The van der Waals surface area contributed by atoms with E-state index in [-0.39, 0.29) is 11.9 Å². The lowest BCUT2D eigenvalue weighted by Crippen LogP contribution is -2.43. The third-order valence-corrected chi connectivity index (χ3v) is 6.29. The second-order valence-corrected chi connectivity index (χ2v) is 10.6. The van der Waals surface area contributed by atoms with Gasteiger partial charge in [-0.2, -0.15) is 9.50 Å². The molecular weight excluding hydrogens is 462 g/mol. The van der Waals surface area contributed by atoms with E-state index in [0.717, 1.165) is 36.5 Å². The summed E-state index contributed by atoms with van der Waals surface area (Å²) in [5.74, 6) is 0.646. The number of ether oxygens (including phenoxy) is 2. The van der Waals surface area contributed by atoms with Gasteiger partial charge in [-0.25, -0.2) is 14.7 Å². The van der Waals surface area contributed by atoms with Crippen LogP contribution < -0.4 is 15.5 Å². The van der Waals surface area contributed by atoms with Gasteiger partial charge in [0.15, 0.2) is 5.65 Å². The van der Waals surface area contributed by atoms with Crippen molar-refractivity contribution in [1.82, 2.24) is 19.6 Å². The van der Waals surface area contributed by atoms with Crippen LogP contribution in [-0.4, -0.2) is 56.4 Å². The molecule has 1 aromatic carbocycles. The van der Waals surface area contributed by atoms with Crippen LogP contribution in [0, 0.1) is 0 Å². The normalized spacial score (nSPS) is 17.8. The predicted octanol–water partition coefficient (Wildman–Crippen LogP) is 4.02. The highest BCUT2D eigenvalue weighted by atomic mass is 16.6. The third kappa shape index (κ3) is 4.46. The van der Waals surface area contributed by atoms with Crippen molar-refractivity contribution < 1.29 is 19.1 Å². The van der Waals surface area contributed by atoms with E-state index in [9.17, 15) is 9.59 Å². The number of fused-ring (bicyclic) bond motifs is 2. The maximum absolute atomic E-state index is 13.2. The molecule has 1 saturated heterocycles. The van der Waals surface area contributed by atoms with Crippen molar-refractivity contribution in [3.05, 3.63) is 36.0 Å². The minimum atomic E-state index is -0.859. The summed E-state index contributed by atoms with van der Waals surface area (Å²) in [5.41, 5.74) is 0.911. The van der Waals surface area contributed by atoms with E-state index in [4.69, 9.17) is 9.47 Å². The lowest BCUT2D eigenvalue weighted by Gasteiger charge is -2.24. The van der Waals surface area contributed by atoms with Gasteiger partial charge < -0.3 is 20.1 Å². The Hall–Kier alpha value is -3.73. The van der Waals surface area contributed by atoms with Gasteiger partial charge in [-0.3, -0.25) is 4.79 Å². The molecule has 0 radical (unpaired) electrons. The van der Waals surface area contributed by atoms with Crippen LogP contribution in [-0.2, 0) is 19.7 Å². The maximum atomic E-state index is 13.2. The number of rotatable bonds is 4. The summed E-state index contributed by atoms with van der Waals surface area (Å²) in [7, 11) is 0. The predicted molar refractivity (Wildman–Crippen MR) is 135 cm³/mol. The number of nitrogens with zero attached hydrogens (tertiary/aromatic N) is 5. The van der Waals surface area contributed by atoms with Gasteiger partial charge in [-0.1, -0.05) is 6.07 Å². The summed E-state index contributed by atoms with van der Waals surface area (Å²) in [4.78, 5) is 36.2. The van der Waals surface area contributed by atoms with Crippen molar-refractivity contribution in [2.45, 2.75) is 64.5 Å². The second kappa shape index (κ2) is 8.74. The first kappa shape index (κ1) is 24.0. The number of hydrogen-bond donors (Lipinski definition) is 2. The Kier molecular flexibility index (Phi) is 5.82. The lowest BCUT2D eigenvalue weighted by molar-refractivity contribution is -0.121. The molecule has 4 heterocycles. The first-order chi connectivity index (χ1) is 17.0. The molecule has 11 nitrogen and oxygen atoms in total. The van der Waals surface area contributed by atoms with Gasteiger partial charge in [0.2, 0.25) is 17.8 Å². The Balaban J connectivity index is 1.43. The molecule has 0 unspecified atom stereocenters. The van der Waals surface area contributed by atoms with E-state index >= 15 is 0 Å². The number of imide groups is 1. The molecule has 1 fully saturated rings. The van der Waals surface area contributed by atoms with E-state index in [0.29, 0.717) is 28.9 Å². The van der Waals surface area contributed by atoms with Crippen LogP contribution in [0.25, 0.3) is 5.65 Å². The molecule has 0 spiro atoms. The smallest absolute Gasteiger partial charge is 0.421 e. The summed E-state index contributed by atoms with van der Waals surface area (Å²) in [6.45, 7) is 10.3. The summed E-state index contributed by atoms with van der Waals surface area (Å²) in [6.07, 6.45) is 2.79. The van der Waals surface area contributed by atoms with Crippen LogP contribution in [0.15, 0.2) is 30.5 Å². The van der Waals surface area contributed by atoms with Gasteiger partial charge >= 0.3 is 6.09 Å². The lowest BCUT2D eigenvalue weighted by atomic mass is 9.86. The van der Waals surface area contributed by atoms with Gasteiger partial charge in [0, 0.05) is 37.2 Å². The number of carbonyl (C=O) groups is 2. The van der Waals surface area contributed by atoms with Gasteiger partial charge in [0.1, 0.15) is 5.60 Å². The monoisotopic (exact) mass is 493 g/mol. The van der Waals surface area contributed by atoms with E-state index in [1.807, 2.05) is 12.1 Å². The van der Waals surface area contributed by atoms with Crippen LogP contribution in [0.3, 0.4) is 0 Å². The fraction of sp³-hybridized carbons (Fsp3) is 0.480. The number of nitrogens with one attached hydrogen (secondary N) is 2. The molecule has 190 valence electrons. The first-order valence-corrected chi connectivity index (χ1v) is 12.1. The van der Waals surface area contributed by atoms with Crippen molar-refractivity contribution in [3.8, 4) is 0 Å². The zero-order valence-electron chi connectivity index (χ0n) is 21.2. The molecule has 0 aliphatic carbocycles. The SMILES string of the molecule is CC(C)(C)OC(=O)N1C(=O)C(C)(C)c2ccc(Nc3nc4ccnc(NC5CCOCC5)n4n3)cc21. The highest BCUT2D eigenvalue weighted by molar-refractivity contribution is 6.21. The van der Waals surface area contributed by atoms with E-state index in [2.05, 4.69) is 25.7 Å². The van der Waals surface area contributed by atoms with Gasteiger partial charge in [0.05, 0.1) is 11.1 Å². The molecule has 0 bridgehead atoms. The minimum Gasteiger partial charge on any atom is -0.443 e. The first-order valence-electron chi connectivity index (χ1n) is 12.1. The van der Waals surface area contributed by atoms with Crippen molar-refractivity contribution in [3.63, 3.8) is 0 Å². The molecule has 3 aromatic rings. The molecular formula is C25H31N7O4. The molecule has 2 amide bonds. The quantitative estimate of drug-likeness (QED) is 0.555. The number of hydrogen-bond acceptors (Lipinski definition) is 9. The van der Waals surface area contributed by atoms with E-state index < -0.39 is 17.1 Å². The number of benzene rings is 1. The Morgan fingerprint density at radius 1 is 1.19 bits per heavy atom. The Bertz CT molecular complexity index is 1320. The zero-order chi connectivity index (χ0) is 25.7. The van der Waals surface area contributed by atoms with E-state index in [1.165, 1.54) is 0 Å². The molecule has 2 aromatic heterocycles. The van der Waals surface area contributed by atoms with Gasteiger partial charge in [0.25, 0.3) is 0 Å². The number of carbonyl (C=O) groups excluding carboxylic acids is 2. The Morgan fingerprint density at radius 2 is 1.94 bits per heavy atom. The molecule has 0 atom stereocenters. The highest BCUT2D eigenvalue weighted by Gasteiger charge is 2.48. The summed E-state index contributed by atoms with van der Waals surface area (Å²) in [5, 5.41) is 11.2.